The zero-order chi connectivity index (χ0) is 9.61. The molecule has 0 amide bonds. The number of rotatable bonds is 6. The maximum absolute atomic E-state index is 5.82. The highest BCUT2D eigenvalue weighted by atomic mass is 31.1. The molecule has 0 aliphatic heterocycles. The fourth-order valence-corrected chi connectivity index (χ4v) is 1.59. The van der Waals surface area contributed by atoms with Crippen LogP contribution in [0.2, 0.25) is 0 Å². The molecule has 0 radical (unpaired) electrons. The monoisotopic (exact) mass is 190 g/mol. The summed E-state index contributed by atoms with van der Waals surface area (Å²) < 4.78 is 5.82. The lowest BCUT2D eigenvalue weighted by Gasteiger charge is -2.26. The van der Waals surface area contributed by atoms with E-state index in [0.717, 1.165) is 6.35 Å². The third-order valence-corrected chi connectivity index (χ3v) is 2.49. The minimum atomic E-state index is 0.0980. The van der Waals surface area contributed by atoms with Gasteiger partial charge in [0, 0.05) is 0 Å². The van der Waals surface area contributed by atoms with Crippen molar-refractivity contribution < 1.29 is 4.74 Å². The minimum Gasteiger partial charge on any atom is -0.371 e. The molecule has 0 aromatic carbocycles. The van der Waals surface area contributed by atoms with Crippen LogP contribution in [0.3, 0.4) is 0 Å². The topological polar surface area (TPSA) is 9.23 Å². The molecule has 0 saturated heterocycles. The zero-order valence-electron chi connectivity index (χ0n) is 9.18. The van der Waals surface area contributed by atoms with Gasteiger partial charge in [-0.15, -0.1) is 0 Å². The second-order valence-corrected chi connectivity index (χ2v) is 6.63. The van der Waals surface area contributed by atoms with E-state index in [4.69, 9.17) is 4.74 Å². The summed E-state index contributed by atoms with van der Waals surface area (Å²) in [5.41, 5.74) is 0.0998. The third-order valence-electron chi connectivity index (χ3n) is 1.85. The molecule has 12 heavy (non-hydrogen) atoms. The summed E-state index contributed by atoms with van der Waals surface area (Å²) in [6.45, 7) is 11.1. The van der Waals surface area contributed by atoms with Gasteiger partial charge in [0.15, 0.2) is 0 Å². The van der Waals surface area contributed by atoms with Crippen LogP contribution in [0.25, 0.3) is 0 Å². The van der Waals surface area contributed by atoms with Crippen molar-refractivity contribution in [2.24, 2.45) is 0 Å². The molecule has 0 aliphatic carbocycles. The first-order valence-corrected chi connectivity index (χ1v) is 7.19. The van der Waals surface area contributed by atoms with E-state index in [-0.39, 0.29) is 13.5 Å². The van der Waals surface area contributed by atoms with Crippen LogP contribution < -0.4 is 0 Å². The second kappa shape index (κ2) is 5.94. The molecule has 0 heterocycles. The van der Waals surface area contributed by atoms with E-state index in [2.05, 4.69) is 34.1 Å². The van der Waals surface area contributed by atoms with Crippen molar-refractivity contribution in [2.45, 2.75) is 45.6 Å². The zero-order valence-corrected chi connectivity index (χ0v) is 10.1. The van der Waals surface area contributed by atoms with Crippen molar-refractivity contribution in [2.75, 3.05) is 19.7 Å². The first-order valence-electron chi connectivity index (χ1n) is 4.76. The molecule has 0 N–H and O–H groups in total. The van der Waals surface area contributed by atoms with Crippen molar-refractivity contribution in [3.63, 3.8) is 0 Å². The smallest absolute Gasteiger partial charge is 0.0661 e. The van der Waals surface area contributed by atoms with Gasteiger partial charge in [-0.1, -0.05) is 27.7 Å². The van der Waals surface area contributed by atoms with Crippen molar-refractivity contribution in [3.8, 4) is 0 Å². The van der Waals surface area contributed by atoms with Crippen LogP contribution in [0, 0.1) is 0 Å². The maximum Gasteiger partial charge on any atom is 0.0661 e. The van der Waals surface area contributed by atoms with Crippen LogP contribution in [0.4, 0.5) is 0 Å². The van der Waals surface area contributed by atoms with E-state index in [1.165, 1.54) is 19.3 Å². The summed E-state index contributed by atoms with van der Waals surface area (Å²) >= 11 is 0. The Balaban J connectivity index is 3.56. The molecule has 0 atom stereocenters. The van der Waals surface area contributed by atoms with Gasteiger partial charge in [0.25, 0.3) is 0 Å². The molecule has 0 spiro atoms. The Hall–Kier alpha value is 0.390. The van der Waals surface area contributed by atoms with Crippen molar-refractivity contribution >= 4 is 7.92 Å². The van der Waals surface area contributed by atoms with Gasteiger partial charge in [0.05, 0.1) is 11.9 Å². The van der Waals surface area contributed by atoms with E-state index in [9.17, 15) is 0 Å². The van der Waals surface area contributed by atoms with E-state index in [0.29, 0.717) is 0 Å². The summed E-state index contributed by atoms with van der Waals surface area (Å²) in [5, 5.41) is 0. The van der Waals surface area contributed by atoms with Gasteiger partial charge >= 0.3 is 0 Å². The molecular formula is C10H23OP. The normalized spacial score (nSPS) is 12.5. The molecule has 0 saturated carbocycles. The Morgan fingerprint density at radius 1 is 1.25 bits per heavy atom. The highest BCUT2D eigenvalue weighted by Gasteiger charge is 2.17. The molecule has 0 fully saturated rings. The molecule has 0 bridgehead atoms. The first-order chi connectivity index (χ1) is 5.48. The second-order valence-electron chi connectivity index (χ2n) is 4.22. The van der Waals surface area contributed by atoms with Gasteiger partial charge in [0.1, 0.15) is 0 Å². The van der Waals surface area contributed by atoms with Gasteiger partial charge in [-0.05, 0) is 33.6 Å². The van der Waals surface area contributed by atoms with Crippen LogP contribution in [0.5, 0.6) is 0 Å². The number of ether oxygens (including phenoxy) is 1. The van der Waals surface area contributed by atoms with Gasteiger partial charge in [-0.25, -0.2) is 0 Å². The summed E-state index contributed by atoms with van der Waals surface area (Å²) in [4.78, 5) is 0. The van der Waals surface area contributed by atoms with Crippen LogP contribution in [0.1, 0.15) is 40.0 Å². The largest absolute Gasteiger partial charge is 0.371 e. The Kier molecular flexibility index (Phi) is 6.13. The fraction of sp³-hybridized carbons (Fsp3) is 1.00. The molecule has 0 aliphatic rings. The summed E-state index contributed by atoms with van der Waals surface area (Å²) in [6, 6.07) is 0. The average molecular weight is 190 g/mol. The quantitative estimate of drug-likeness (QED) is 0.581. The first kappa shape index (κ1) is 12.4. The Bertz CT molecular complexity index is 110. The number of unbranched alkanes of at least 4 members (excludes halogenated alkanes) is 1. The Morgan fingerprint density at radius 2 is 1.83 bits per heavy atom. The SMILES string of the molecule is CCCCC(C)(C)OCP(C)C. The highest BCUT2D eigenvalue weighted by molar-refractivity contribution is 7.55. The third kappa shape index (κ3) is 7.06. The van der Waals surface area contributed by atoms with E-state index < -0.39 is 0 Å². The number of hydrogen-bond acceptors (Lipinski definition) is 1. The van der Waals surface area contributed by atoms with E-state index >= 15 is 0 Å². The molecule has 1 nitrogen and oxygen atoms in total. The van der Waals surface area contributed by atoms with Crippen LogP contribution >= 0.6 is 7.92 Å². The lowest BCUT2D eigenvalue weighted by atomic mass is 10.0. The molecule has 0 rings (SSSR count). The van der Waals surface area contributed by atoms with Gasteiger partial charge in [-0.3, -0.25) is 0 Å². The van der Waals surface area contributed by atoms with Crippen molar-refractivity contribution in [1.29, 1.82) is 0 Å². The molecule has 0 unspecified atom stereocenters. The van der Waals surface area contributed by atoms with Crippen LogP contribution in [-0.4, -0.2) is 25.3 Å². The van der Waals surface area contributed by atoms with Crippen LogP contribution in [0.15, 0.2) is 0 Å². The molecule has 0 aromatic heterocycles. The standard InChI is InChI=1S/C10H23OP/c1-6-7-8-10(2,3)11-9-12(4)5/h6-9H2,1-5H3. The predicted molar refractivity (Wildman–Crippen MR) is 58.3 cm³/mol. The highest BCUT2D eigenvalue weighted by Crippen LogP contribution is 2.28. The Labute approximate surface area is 78.6 Å². The van der Waals surface area contributed by atoms with Gasteiger partial charge in [-0.2, -0.15) is 0 Å². The maximum atomic E-state index is 5.82. The lowest BCUT2D eigenvalue weighted by Crippen LogP contribution is -2.24. The van der Waals surface area contributed by atoms with Crippen molar-refractivity contribution in [1.82, 2.24) is 0 Å². The number of hydrogen-bond donors (Lipinski definition) is 0. The molecular weight excluding hydrogens is 167 g/mol. The van der Waals surface area contributed by atoms with Gasteiger partial charge < -0.3 is 4.74 Å². The van der Waals surface area contributed by atoms with Crippen molar-refractivity contribution in [3.05, 3.63) is 0 Å². The average Bonchev–Trinajstić information content (AvgIpc) is 1.98. The van der Waals surface area contributed by atoms with Gasteiger partial charge in [0.2, 0.25) is 0 Å². The van der Waals surface area contributed by atoms with E-state index in [1.54, 1.807) is 0 Å². The lowest BCUT2D eigenvalue weighted by molar-refractivity contribution is 0.00213. The fourth-order valence-electron chi connectivity index (χ4n) is 0.979. The Morgan fingerprint density at radius 3 is 2.25 bits per heavy atom. The van der Waals surface area contributed by atoms with E-state index in [1.807, 2.05) is 0 Å². The summed E-state index contributed by atoms with van der Waals surface area (Å²) in [7, 11) is 0.0980. The molecule has 0 aromatic rings. The predicted octanol–water partition coefficient (Wildman–Crippen LogP) is 3.67. The van der Waals surface area contributed by atoms with Crippen LogP contribution in [-0.2, 0) is 4.74 Å². The molecule has 2 heteroatoms. The minimum absolute atomic E-state index is 0.0980. The summed E-state index contributed by atoms with van der Waals surface area (Å²) in [5.74, 6) is 0. The molecule has 74 valence electrons. The summed E-state index contributed by atoms with van der Waals surface area (Å²) in [6.07, 6.45) is 4.68.